The van der Waals surface area contributed by atoms with Crippen molar-refractivity contribution < 1.29 is 27.6 Å². The molecule has 3 rings (SSSR count). The van der Waals surface area contributed by atoms with Crippen molar-refractivity contribution in [3.8, 4) is 0 Å². The van der Waals surface area contributed by atoms with Crippen LogP contribution in [0.4, 0.5) is 17.1 Å². The molecule has 31 heavy (non-hydrogen) atoms. The largest absolute Gasteiger partial charge is 0.311 e. The van der Waals surface area contributed by atoms with E-state index >= 15 is 0 Å². The molecule has 0 aliphatic rings. The van der Waals surface area contributed by atoms with E-state index in [9.17, 15) is 13.0 Å². The molecule has 0 fully saturated rings. The Bertz CT molecular complexity index is 1080. The van der Waals surface area contributed by atoms with Crippen LogP contribution in [0.1, 0.15) is 31.7 Å². The molecular weight excluding hydrogens is 438 g/mol. The zero-order valence-electron chi connectivity index (χ0n) is 17.0. The van der Waals surface area contributed by atoms with Crippen molar-refractivity contribution in [1.82, 2.24) is 0 Å². The highest BCUT2D eigenvalue weighted by Gasteiger charge is 2.16. The molecule has 2 N–H and O–H groups in total. The Morgan fingerprint density at radius 2 is 1.39 bits per heavy atom. The van der Waals surface area contributed by atoms with Gasteiger partial charge in [-0.2, -0.15) is 8.42 Å². The standard InChI is InChI=1S/C22H23NO6S2/c1-3-16(2)17-4-6-18(7-5-17)23(19-8-12-21(13-9-19)30-29-28-24)20-10-14-22(15-11-20)31(25,26)27/h4-16,24H,3H2,1-2H3,(H,25,26,27). The molecule has 3 aromatic rings. The molecule has 0 aliphatic carbocycles. The van der Waals surface area contributed by atoms with Crippen LogP contribution in [0.5, 0.6) is 0 Å². The van der Waals surface area contributed by atoms with E-state index in [-0.39, 0.29) is 4.90 Å². The van der Waals surface area contributed by atoms with Gasteiger partial charge in [0.15, 0.2) is 0 Å². The maximum atomic E-state index is 11.4. The van der Waals surface area contributed by atoms with Crippen LogP contribution in [0.2, 0.25) is 0 Å². The van der Waals surface area contributed by atoms with Gasteiger partial charge in [-0.15, -0.1) is 4.33 Å². The minimum absolute atomic E-state index is 0.170. The third-order valence-corrected chi connectivity index (χ3v) is 6.44. The molecule has 0 aromatic heterocycles. The monoisotopic (exact) mass is 461 g/mol. The number of nitrogens with zero attached hydrogens (tertiary/aromatic N) is 1. The Hall–Kier alpha value is -2.40. The molecule has 0 radical (unpaired) electrons. The highest BCUT2D eigenvalue weighted by atomic mass is 32.2. The Morgan fingerprint density at radius 3 is 1.84 bits per heavy atom. The summed E-state index contributed by atoms with van der Waals surface area (Å²) in [5.74, 6) is 0.446. The number of anilines is 3. The van der Waals surface area contributed by atoms with Crippen LogP contribution in [-0.2, 0) is 19.5 Å². The van der Waals surface area contributed by atoms with Gasteiger partial charge in [-0.05, 0) is 78.6 Å². The molecule has 7 nitrogen and oxygen atoms in total. The molecule has 1 atom stereocenters. The average molecular weight is 462 g/mol. The van der Waals surface area contributed by atoms with Crippen LogP contribution < -0.4 is 4.90 Å². The van der Waals surface area contributed by atoms with Crippen molar-refractivity contribution in [3.05, 3.63) is 78.4 Å². The van der Waals surface area contributed by atoms with Gasteiger partial charge in [0.25, 0.3) is 10.1 Å². The first kappa shape index (κ1) is 23.3. The third-order valence-electron chi connectivity index (χ3n) is 4.98. The highest BCUT2D eigenvalue weighted by Crippen LogP contribution is 2.36. The van der Waals surface area contributed by atoms with Crippen LogP contribution in [0.15, 0.2) is 82.6 Å². The van der Waals surface area contributed by atoms with Gasteiger partial charge < -0.3 is 4.90 Å². The smallest absolute Gasteiger partial charge is 0.294 e. The van der Waals surface area contributed by atoms with Crippen LogP contribution in [0.3, 0.4) is 0 Å². The second kappa shape index (κ2) is 10.3. The Balaban J connectivity index is 2.01. The molecular formula is C22H23NO6S2. The summed E-state index contributed by atoms with van der Waals surface area (Å²) in [4.78, 5) is 2.51. The molecule has 0 heterocycles. The van der Waals surface area contributed by atoms with E-state index in [2.05, 4.69) is 35.4 Å². The summed E-state index contributed by atoms with van der Waals surface area (Å²) in [6.07, 6.45) is 1.04. The van der Waals surface area contributed by atoms with Gasteiger partial charge in [-0.1, -0.05) is 31.0 Å². The summed E-state index contributed by atoms with van der Waals surface area (Å²) in [5, 5.41) is 11.9. The topological polar surface area (TPSA) is 96.3 Å². The average Bonchev–Trinajstić information content (AvgIpc) is 2.78. The lowest BCUT2D eigenvalue weighted by Gasteiger charge is -2.26. The molecule has 1 unspecified atom stereocenters. The van der Waals surface area contributed by atoms with Gasteiger partial charge in [0.1, 0.15) is 0 Å². The fourth-order valence-electron chi connectivity index (χ4n) is 3.11. The fourth-order valence-corrected chi connectivity index (χ4v) is 3.94. The summed E-state index contributed by atoms with van der Waals surface area (Å²) in [6, 6.07) is 21.5. The molecule has 164 valence electrons. The van der Waals surface area contributed by atoms with E-state index in [0.29, 0.717) is 10.8 Å². The van der Waals surface area contributed by atoms with Gasteiger partial charge >= 0.3 is 0 Å². The number of hydrogen-bond donors (Lipinski definition) is 2. The van der Waals surface area contributed by atoms with E-state index < -0.39 is 10.1 Å². The van der Waals surface area contributed by atoms with Gasteiger partial charge in [0.2, 0.25) is 0 Å². The van der Waals surface area contributed by atoms with Crippen molar-refractivity contribution in [2.75, 3.05) is 4.90 Å². The molecule has 9 heteroatoms. The molecule has 0 saturated heterocycles. The second-order valence-corrected chi connectivity index (χ2v) is 9.12. The number of benzene rings is 3. The second-order valence-electron chi connectivity index (χ2n) is 6.93. The first-order chi connectivity index (χ1) is 14.8. The predicted octanol–water partition coefficient (Wildman–Crippen LogP) is 6.34. The zero-order chi connectivity index (χ0) is 22.4. The molecule has 0 amide bonds. The van der Waals surface area contributed by atoms with Gasteiger partial charge in [-0.25, -0.2) is 5.26 Å². The zero-order valence-corrected chi connectivity index (χ0v) is 18.6. The first-order valence-corrected chi connectivity index (χ1v) is 11.7. The lowest BCUT2D eigenvalue weighted by Crippen LogP contribution is -2.10. The maximum absolute atomic E-state index is 11.4. The molecule has 3 aromatic carbocycles. The van der Waals surface area contributed by atoms with Crippen LogP contribution >= 0.6 is 12.0 Å². The third kappa shape index (κ3) is 5.85. The molecule has 0 aliphatic heterocycles. The summed E-state index contributed by atoms with van der Waals surface area (Å²) in [6.45, 7) is 4.32. The highest BCUT2D eigenvalue weighted by molar-refractivity contribution is 7.94. The normalized spacial score (nSPS) is 12.5. The van der Waals surface area contributed by atoms with Crippen LogP contribution in [0.25, 0.3) is 0 Å². The van der Waals surface area contributed by atoms with Crippen molar-refractivity contribution >= 4 is 39.2 Å². The van der Waals surface area contributed by atoms with Crippen LogP contribution in [-0.4, -0.2) is 18.2 Å². The Morgan fingerprint density at radius 1 is 0.903 bits per heavy atom. The van der Waals surface area contributed by atoms with E-state index in [0.717, 1.165) is 35.5 Å². The van der Waals surface area contributed by atoms with Crippen molar-refractivity contribution in [3.63, 3.8) is 0 Å². The van der Waals surface area contributed by atoms with Crippen molar-refractivity contribution in [2.45, 2.75) is 36.0 Å². The van der Waals surface area contributed by atoms with Gasteiger partial charge in [0, 0.05) is 22.0 Å². The van der Waals surface area contributed by atoms with E-state index in [1.807, 2.05) is 29.2 Å². The predicted molar refractivity (Wildman–Crippen MR) is 120 cm³/mol. The van der Waals surface area contributed by atoms with E-state index in [4.69, 9.17) is 5.26 Å². The number of hydrogen-bond acceptors (Lipinski definition) is 7. The maximum Gasteiger partial charge on any atom is 0.294 e. The summed E-state index contributed by atoms with van der Waals surface area (Å²) in [5.41, 5.74) is 3.67. The molecule has 0 bridgehead atoms. The summed E-state index contributed by atoms with van der Waals surface area (Å²) in [7, 11) is -4.27. The Labute approximate surface area is 186 Å². The minimum atomic E-state index is -4.27. The van der Waals surface area contributed by atoms with Gasteiger partial charge in [-0.3, -0.25) is 4.55 Å². The summed E-state index contributed by atoms with van der Waals surface area (Å²) < 4.78 is 36.5. The quantitative estimate of drug-likeness (QED) is 0.165. The minimum Gasteiger partial charge on any atom is -0.311 e. The van der Waals surface area contributed by atoms with E-state index in [1.54, 1.807) is 24.3 Å². The SMILES string of the molecule is CCC(C)c1ccc(N(c2ccc(SOOO)cc2)c2ccc(S(=O)(=O)O)cc2)cc1. The lowest BCUT2D eigenvalue weighted by molar-refractivity contribution is -0.432. The first-order valence-electron chi connectivity index (χ1n) is 9.56. The Kier molecular flexibility index (Phi) is 7.71. The van der Waals surface area contributed by atoms with Gasteiger partial charge in [0.05, 0.1) is 16.9 Å². The van der Waals surface area contributed by atoms with Crippen molar-refractivity contribution in [1.29, 1.82) is 0 Å². The lowest BCUT2D eigenvalue weighted by atomic mass is 9.98. The summed E-state index contributed by atoms with van der Waals surface area (Å²) >= 11 is 0.860. The fraction of sp³-hybridized carbons (Fsp3) is 0.182. The van der Waals surface area contributed by atoms with Crippen LogP contribution in [0, 0.1) is 0 Å². The number of rotatable bonds is 9. The molecule has 0 saturated carbocycles. The van der Waals surface area contributed by atoms with Crippen molar-refractivity contribution in [2.24, 2.45) is 0 Å². The molecule has 0 spiro atoms. The van der Waals surface area contributed by atoms with E-state index in [1.165, 1.54) is 17.7 Å².